The number of hydrogen-bond acceptors (Lipinski definition) is 6. The van der Waals surface area contributed by atoms with Gasteiger partial charge >= 0.3 is 0 Å². The van der Waals surface area contributed by atoms with Gasteiger partial charge in [0, 0.05) is 5.69 Å². The Labute approximate surface area is 140 Å². The van der Waals surface area contributed by atoms with Crippen LogP contribution in [0, 0.1) is 0 Å². The molecule has 0 aliphatic rings. The Morgan fingerprint density at radius 2 is 2.12 bits per heavy atom. The van der Waals surface area contributed by atoms with Crippen molar-refractivity contribution in [1.82, 2.24) is 9.55 Å². The Bertz CT molecular complexity index is 1090. The summed E-state index contributed by atoms with van der Waals surface area (Å²) in [5.41, 5.74) is -0.0427. The number of carbonyl (C=O) groups is 1. The van der Waals surface area contributed by atoms with Gasteiger partial charge in [0.05, 0.1) is 16.6 Å². The van der Waals surface area contributed by atoms with Crippen LogP contribution in [0.1, 0.15) is 0 Å². The number of anilines is 1. The van der Waals surface area contributed by atoms with Gasteiger partial charge in [-0.05, 0) is 29.6 Å². The van der Waals surface area contributed by atoms with Gasteiger partial charge in [-0.2, -0.15) is 0 Å². The molecule has 0 unspecified atom stereocenters. The number of carbonyl (C=O) groups excluding carboxylic acids is 1. The van der Waals surface area contributed by atoms with Crippen LogP contribution >= 0.6 is 11.3 Å². The zero-order chi connectivity index (χ0) is 17.3. The van der Waals surface area contributed by atoms with Crippen molar-refractivity contribution in [1.29, 1.82) is 0 Å². The summed E-state index contributed by atoms with van der Waals surface area (Å²) in [4.78, 5) is 28.9. The van der Waals surface area contributed by atoms with Crippen LogP contribution in [-0.4, -0.2) is 23.9 Å². The van der Waals surface area contributed by atoms with Gasteiger partial charge in [-0.15, -0.1) is 11.3 Å². The molecule has 3 N–H and O–H groups in total. The molecule has 1 amide bonds. The maximum atomic E-state index is 12.2. The van der Waals surface area contributed by atoms with Crippen LogP contribution < -0.4 is 16.0 Å². The van der Waals surface area contributed by atoms with E-state index in [2.05, 4.69) is 10.3 Å². The minimum atomic E-state index is -3.86. The number of thiophene rings is 1. The number of nitrogens with two attached hydrogens (primary N) is 1. The molecule has 0 saturated heterocycles. The highest BCUT2D eigenvalue weighted by Crippen LogP contribution is 2.15. The lowest BCUT2D eigenvalue weighted by Crippen LogP contribution is -2.27. The Morgan fingerprint density at radius 1 is 1.33 bits per heavy atom. The molecule has 1 aromatic carbocycles. The average Bonchev–Trinajstić information content (AvgIpc) is 2.99. The van der Waals surface area contributed by atoms with Crippen LogP contribution in [0.15, 0.2) is 51.7 Å². The third kappa shape index (κ3) is 3.35. The Kier molecular flexibility index (Phi) is 4.18. The molecule has 0 fully saturated rings. The quantitative estimate of drug-likeness (QED) is 0.707. The van der Waals surface area contributed by atoms with E-state index in [0.717, 1.165) is 0 Å². The normalized spacial score (nSPS) is 11.5. The number of rotatable bonds is 4. The molecule has 2 heterocycles. The van der Waals surface area contributed by atoms with Crippen LogP contribution in [0.2, 0.25) is 0 Å². The van der Waals surface area contributed by atoms with Crippen molar-refractivity contribution in [2.45, 2.75) is 11.4 Å². The molecule has 8 nitrogen and oxygen atoms in total. The van der Waals surface area contributed by atoms with Crippen LogP contribution in [-0.2, 0) is 21.4 Å². The highest BCUT2D eigenvalue weighted by molar-refractivity contribution is 7.89. The predicted octanol–water partition coefficient (Wildman–Crippen LogP) is 0.744. The van der Waals surface area contributed by atoms with Gasteiger partial charge < -0.3 is 5.32 Å². The predicted molar refractivity (Wildman–Crippen MR) is 90.3 cm³/mol. The second kappa shape index (κ2) is 6.15. The monoisotopic (exact) mass is 364 g/mol. The van der Waals surface area contributed by atoms with Crippen LogP contribution in [0.5, 0.6) is 0 Å². The minimum Gasteiger partial charge on any atom is -0.324 e. The van der Waals surface area contributed by atoms with Crippen molar-refractivity contribution in [3.05, 3.63) is 52.4 Å². The number of amides is 1. The second-order valence-corrected chi connectivity index (χ2v) is 7.39. The van der Waals surface area contributed by atoms with Gasteiger partial charge in [-0.25, -0.2) is 18.5 Å². The van der Waals surface area contributed by atoms with Crippen LogP contribution in [0.4, 0.5) is 5.69 Å². The summed E-state index contributed by atoms with van der Waals surface area (Å²) in [6.07, 6.45) is 1.31. The number of hydrogen-bond donors (Lipinski definition) is 2. The van der Waals surface area contributed by atoms with E-state index in [-0.39, 0.29) is 22.7 Å². The SMILES string of the molecule is NS(=O)(=O)c1cccc(NC(=O)Cn2cnc3sccc3c2=O)c1. The van der Waals surface area contributed by atoms with Gasteiger partial charge in [0.2, 0.25) is 15.9 Å². The molecule has 2 aromatic heterocycles. The summed E-state index contributed by atoms with van der Waals surface area (Å²) < 4.78 is 23.8. The molecule has 0 atom stereocenters. The van der Waals surface area contributed by atoms with Gasteiger partial charge in [0.15, 0.2) is 0 Å². The Balaban J connectivity index is 1.80. The van der Waals surface area contributed by atoms with Crippen molar-refractivity contribution in [2.24, 2.45) is 5.14 Å². The highest BCUT2D eigenvalue weighted by atomic mass is 32.2. The number of benzene rings is 1. The van der Waals surface area contributed by atoms with Gasteiger partial charge in [0.1, 0.15) is 11.4 Å². The standard InChI is InChI=1S/C14H12N4O4S2/c15-24(21,22)10-3-1-2-9(6-10)17-12(19)7-18-8-16-13-11(14(18)20)4-5-23-13/h1-6,8H,7H2,(H,17,19)(H2,15,21,22). The average molecular weight is 364 g/mol. The first kappa shape index (κ1) is 16.3. The Hall–Kier alpha value is -2.56. The zero-order valence-electron chi connectivity index (χ0n) is 12.2. The van der Waals surface area contributed by atoms with E-state index in [1.54, 1.807) is 11.4 Å². The van der Waals surface area contributed by atoms with E-state index in [1.165, 1.54) is 46.5 Å². The summed E-state index contributed by atoms with van der Waals surface area (Å²) in [5.74, 6) is -0.486. The number of nitrogens with one attached hydrogen (secondary N) is 1. The largest absolute Gasteiger partial charge is 0.324 e. The summed E-state index contributed by atoms with van der Waals surface area (Å²) in [5, 5.41) is 9.78. The van der Waals surface area contributed by atoms with Crippen molar-refractivity contribution >= 4 is 43.2 Å². The molecule has 10 heteroatoms. The lowest BCUT2D eigenvalue weighted by molar-refractivity contribution is -0.116. The van der Waals surface area contributed by atoms with Crippen molar-refractivity contribution in [3.63, 3.8) is 0 Å². The Morgan fingerprint density at radius 3 is 2.88 bits per heavy atom. The lowest BCUT2D eigenvalue weighted by atomic mass is 10.3. The van der Waals surface area contributed by atoms with E-state index in [1.807, 2.05) is 0 Å². The van der Waals surface area contributed by atoms with Crippen LogP contribution in [0.3, 0.4) is 0 Å². The molecular weight excluding hydrogens is 352 g/mol. The van der Waals surface area contributed by atoms with E-state index in [0.29, 0.717) is 10.2 Å². The summed E-state index contributed by atoms with van der Waals surface area (Å²) in [6, 6.07) is 7.20. The van der Waals surface area contributed by atoms with Gasteiger partial charge in [-0.3, -0.25) is 14.2 Å². The minimum absolute atomic E-state index is 0.112. The second-order valence-electron chi connectivity index (χ2n) is 4.94. The fourth-order valence-corrected chi connectivity index (χ4v) is 3.39. The number of sulfonamides is 1. The first-order chi connectivity index (χ1) is 11.3. The fraction of sp³-hybridized carbons (Fsp3) is 0.0714. The van der Waals surface area contributed by atoms with E-state index in [9.17, 15) is 18.0 Å². The molecule has 0 radical (unpaired) electrons. The molecule has 0 spiro atoms. The van der Waals surface area contributed by atoms with E-state index in [4.69, 9.17) is 5.14 Å². The van der Waals surface area contributed by atoms with Gasteiger partial charge in [0.25, 0.3) is 5.56 Å². The molecule has 0 saturated carbocycles. The van der Waals surface area contributed by atoms with Crippen molar-refractivity contribution < 1.29 is 13.2 Å². The molecule has 0 bridgehead atoms. The molecular formula is C14H12N4O4S2. The first-order valence-corrected chi connectivity index (χ1v) is 9.12. The number of primary sulfonamides is 1. The smallest absolute Gasteiger partial charge is 0.262 e. The third-order valence-electron chi connectivity index (χ3n) is 3.21. The summed E-state index contributed by atoms with van der Waals surface area (Å²) in [6.45, 7) is -0.239. The van der Waals surface area contributed by atoms with Crippen molar-refractivity contribution in [3.8, 4) is 0 Å². The fourth-order valence-electron chi connectivity index (χ4n) is 2.11. The molecule has 24 heavy (non-hydrogen) atoms. The zero-order valence-corrected chi connectivity index (χ0v) is 13.8. The van der Waals surface area contributed by atoms with E-state index < -0.39 is 15.9 Å². The number of nitrogens with zero attached hydrogens (tertiary/aromatic N) is 2. The van der Waals surface area contributed by atoms with Crippen LogP contribution in [0.25, 0.3) is 10.2 Å². The maximum Gasteiger partial charge on any atom is 0.262 e. The highest BCUT2D eigenvalue weighted by Gasteiger charge is 2.11. The van der Waals surface area contributed by atoms with E-state index >= 15 is 0 Å². The van der Waals surface area contributed by atoms with Crippen molar-refractivity contribution in [2.75, 3.05) is 5.32 Å². The first-order valence-electron chi connectivity index (χ1n) is 6.70. The molecule has 3 rings (SSSR count). The number of aromatic nitrogens is 2. The number of fused-ring (bicyclic) bond motifs is 1. The molecule has 124 valence electrons. The topological polar surface area (TPSA) is 124 Å². The molecule has 3 aromatic rings. The molecule has 0 aliphatic carbocycles. The summed E-state index contributed by atoms with van der Waals surface area (Å²) >= 11 is 1.34. The molecule has 0 aliphatic heterocycles. The maximum absolute atomic E-state index is 12.2. The summed E-state index contributed by atoms with van der Waals surface area (Å²) in [7, 11) is -3.86. The van der Waals surface area contributed by atoms with Gasteiger partial charge in [-0.1, -0.05) is 6.07 Å². The third-order valence-corrected chi connectivity index (χ3v) is 4.94. The lowest BCUT2D eigenvalue weighted by Gasteiger charge is -2.08.